The minimum Gasteiger partial charge on any atom is -0.463 e. The Morgan fingerprint density at radius 2 is 1.79 bits per heavy atom. The van der Waals surface area contributed by atoms with Gasteiger partial charge in [-0.15, -0.1) is 0 Å². The molecule has 0 aromatic heterocycles. The number of rotatable bonds is 6. The minimum absolute atomic E-state index is 0.273. The van der Waals surface area contributed by atoms with Gasteiger partial charge in [0, 0.05) is 6.42 Å². The van der Waals surface area contributed by atoms with Crippen molar-refractivity contribution in [3.8, 4) is 0 Å². The maximum atomic E-state index is 10.9. The molecule has 0 amide bonds. The molecule has 4 heteroatoms. The first kappa shape index (κ1) is 12.9. The van der Waals surface area contributed by atoms with Crippen molar-refractivity contribution in [2.75, 3.05) is 13.2 Å². The molecule has 0 spiro atoms. The molecule has 0 bridgehead atoms. The summed E-state index contributed by atoms with van der Waals surface area (Å²) in [6, 6.07) is 0. The molecule has 0 aliphatic heterocycles. The van der Waals surface area contributed by atoms with Crippen LogP contribution < -0.4 is 0 Å². The van der Waals surface area contributed by atoms with E-state index in [9.17, 15) is 9.59 Å². The number of carbonyl (C=O) groups is 2. The summed E-state index contributed by atoms with van der Waals surface area (Å²) in [5.41, 5.74) is 0. The monoisotopic (exact) mass is 202 g/mol. The molecule has 0 aliphatic carbocycles. The summed E-state index contributed by atoms with van der Waals surface area (Å²) < 4.78 is 9.43. The van der Waals surface area contributed by atoms with Gasteiger partial charge in [0.2, 0.25) is 0 Å². The van der Waals surface area contributed by atoms with E-state index in [1.807, 2.05) is 13.8 Å². The lowest BCUT2D eigenvalue weighted by atomic mass is 10.1. The lowest BCUT2D eigenvalue weighted by molar-refractivity contribution is -0.158. The zero-order valence-electron chi connectivity index (χ0n) is 9.04. The van der Waals surface area contributed by atoms with Gasteiger partial charge in [-0.25, -0.2) is 4.79 Å². The highest BCUT2D eigenvalue weighted by Crippen LogP contribution is 1.99. The van der Waals surface area contributed by atoms with Crippen LogP contribution in [-0.4, -0.2) is 25.2 Å². The molecule has 4 nitrogen and oxygen atoms in total. The first-order valence-corrected chi connectivity index (χ1v) is 4.87. The van der Waals surface area contributed by atoms with Crippen LogP contribution in [0, 0.1) is 5.92 Å². The van der Waals surface area contributed by atoms with Gasteiger partial charge in [0.1, 0.15) is 0 Å². The van der Waals surface area contributed by atoms with E-state index in [0.717, 1.165) is 6.42 Å². The molecule has 0 fully saturated rings. The van der Waals surface area contributed by atoms with Crippen LogP contribution in [0.1, 0.15) is 33.6 Å². The molecule has 0 atom stereocenters. The summed E-state index contributed by atoms with van der Waals surface area (Å²) in [4.78, 5) is 21.6. The SMILES string of the molecule is CCC(=O)OCC(=O)OCCC(C)C. The van der Waals surface area contributed by atoms with Crippen molar-refractivity contribution in [2.24, 2.45) is 5.92 Å². The van der Waals surface area contributed by atoms with Gasteiger partial charge in [-0.3, -0.25) is 4.79 Å². The Labute approximate surface area is 84.6 Å². The van der Waals surface area contributed by atoms with Crippen molar-refractivity contribution in [2.45, 2.75) is 33.6 Å². The fraction of sp³-hybridized carbons (Fsp3) is 0.800. The maximum Gasteiger partial charge on any atom is 0.344 e. The van der Waals surface area contributed by atoms with E-state index in [1.54, 1.807) is 6.92 Å². The van der Waals surface area contributed by atoms with Crippen LogP contribution in [0.5, 0.6) is 0 Å². The largest absolute Gasteiger partial charge is 0.463 e. The maximum absolute atomic E-state index is 10.9. The van der Waals surface area contributed by atoms with E-state index >= 15 is 0 Å². The molecular weight excluding hydrogens is 184 g/mol. The van der Waals surface area contributed by atoms with Crippen LogP contribution >= 0.6 is 0 Å². The van der Waals surface area contributed by atoms with Gasteiger partial charge < -0.3 is 9.47 Å². The average molecular weight is 202 g/mol. The molecule has 82 valence electrons. The summed E-state index contributed by atoms with van der Waals surface area (Å²) >= 11 is 0. The van der Waals surface area contributed by atoms with Crippen LogP contribution in [0.25, 0.3) is 0 Å². The van der Waals surface area contributed by atoms with Gasteiger partial charge in [0.05, 0.1) is 6.61 Å². The Morgan fingerprint density at radius 3 is 2.29 bits per heavy atom. The zero-order valence-corrected chi connectivity index (χ0v) is 9.04. The second-order valence-electron chi connectivity index (χ2n) is 3.42. The van der Waals surface area contributed by atoms with Crippen molar-refractivity contribution >= 4 is 11.9 Å². The third-order valence-corrected chi connectivity index (χ3v) is 1.60. The molecule has 0 saturated heterocycles. The molecule has 0 rings (SSSR count). The van der Waals surface area contributed by atoms with Crippen LogP contribution in [0.4, 0.5) is 0 Å². The Hall–Kier alpha value is -1.06. The first-order valence-electron chi connectivity index (χ1n) is 4.87. The summed E-state index contributed by atoms with van der Waals surface area (Å²) in [7, 11) is 0. The van der Waals surface area contributed by atoms with E-state index in [2.05, 4.69) is 4.74 Å². The third-order valence-electron chi connectivity index (χ3n) is 1.60. The molecular formula is C10H18O4. The van der Waals surface area contributed by atoms with Crippen LogP contribution in [0.2, 0.25) is 0 Å². The quantitative estimate of drug-likeness (QED) is 0.613. The van der Waals surface area contributed by atoms with Crippen molar-refractivity contribution in [1.82, 2.24) is 0 Å². The Kier molecular flexibility index (Phi) is 6.80. The van der Waals surface area contributed by atoms with Crippen molar-refractivity contribution < 1.29 is 19.1 Å². The molecule has 0 aromatic rings. The van der Waals surface area contributed by atoms with Crippen LogP contribution in [0.15, 0.2) is 0 Å². The van der Waals surface area contributed by atoms with E-state index in [0.29, 0.717) is 12.5 Å². The summed E-state index contributed by atoms with van der Waals surface area (Å²) in [5, 5.41) is 0. The molecule has 0 aliphatic rings. The van der Waals surface area contributed by atoms with Crippen molar-refractivity contribution in [1.29, 1.82) is 0 Å². The number of esters is 2. The Balaban J connectivity index is 3.42. The van der Waals surface area contributed by atoms with Gasteiger partial charge >= 0.3 is 11.9 Å². The normalized spacial score (nSPS) is 10.0. The van der Waals surface area contributed by atoms with Gasteiger partial charge in [-0.05, 0) is 12.3 Å². The van der Waals surface area contributed by atoms with E-state index in [1.165, 1.54) is 0 Å². The number of hydrogen-bond acceptors (Lipinski definition) is 4. The third kappa shape index (κ3) is 7.58. The molecule has 0 N–H and O–H groups in total. The van der Waals surface area contributed by atoms with Gasteiger partial charge in [-0.1, -0.05) is 20.8 Å². The topological polar surface area (TPSA) is 52.6 Å². The molecule has 14 heavy (non-hydrogen) atoms. The van der Waals surface area contributed by atoms with Crippen molar-refractivity contribution in [3.63, 3.8) is 0 Å². The van der Waals surface area contributed by atoms with E-state index < -0.39 is 5.97 Å². The van der Waals surface area contributed by atoms with Crippen LogP contribution in [-0.2, 0) is 19.1 Å². The number of ether oxygens (including phenoxy) is 2. The summed E-state index contributed by atoms with van der Waals surface area (Å²) in [5.74, 6) is -0.362. The summed E-state index contributed by atoms with van der Waals surface area (Å²) in [6.07, 6.45) is 1.10. The fourth-order valence-corrected chi connectivity index (χ4v) is 0.692. The lowest BCUT2D eigenvalue weighted by Crippen LogP contribution is -2.16. The van der Waals surface area contributed by atoms with Gasteiger partial charge in [0.15, 0.2) is 6.61 Å². The number of hydrogen-bond donors (Lipinski definition) is 0. The Bertz CT molecular complexity index is 187. The van der Waals surface area contributed by atoms with Gasteiger partial charge in [-0.2, -0.15) is 0 Å². The fourth-order valence-electron chi connectivity index (χ4n) is 0.692. The lowest BCUT2D eigenvalue weighted by Gasteiger charge is -2.06. The molecule has 0 saturated carbocycles. The Morgan fingerprint density at radius 1 is 1.14 bits per heavy atom. The highest BCUT2D eigenvalue weighted by molar-refractivity contribution is 5.76. The number of carbonyl (C=O) groups excluding carboxylic acids is 2. The predicted octanol–water partition coefficient (Wildman–Crippen LogP) is 1.53. The molecule has 0 heterocycles. The molecule has 0 radical (unpaired) electrons. The minimum atomic E-state index is -0.479. The van der Waals surface area contributed by atoms with Crippen molar-refractivity contribution in [3.05, 3.63) is 0 Å². The van der Waals surface area contributed by atoms with Gasteiger partial charge in [0.25, 0.3) is 0 Å². The second-order valence-corrected chi connectivity index (χ2v) is 3.42. The first-order chi connectivity index (χ1) is 6.56. The van der Waals surface area contributed by atoms with Crippen LogP contribution in [0.3, 0.4) is 0 Å². The summed E-state index contributed by atoms with van der Waals surface area (Å²) in [6.45, 7) is 5.88. The van der Waals surface area contributed by atoms with E-state index in [4.69, 9.17) is 4.74 Å². The van der Waals surface area contributed by atoms with E-state index in [-0.39, 0.29) is 19.0 Å². The molecule has 0 aromatic carbocycles. The zero-order chi connectivity index (χ0) is 11.0. The predicted molar refractivity (Wildman–Crippen MR) is 51.7 cm³/mol. The average Bonchev–Trinajstić information content (AvgIpc) is 2.13. The second kappa shape index (κ2) is 7.35. The highest BCUT2D eigenvalue weighted by atomic mass is 16.6. The standard InChI is InChI=1S/C10H18O4/c1-4-9(11)14-7-10(12)13-6-5-8(2)3/h8H,4-7H2,1-3H3. The smallest absolute Gasteiger partial charge is 0.344 e. The highest BCUT2D eigenvalue weighted by Gasteiger charge is 2.06. The molecule has 0 unspecified atom stereocenters.